The summed E-state index contributed by atoms with van der Waals surface area (Å²) in [6, 6.07) is 13.3. The van der Waals surface area contributed by atoms with Crippen LogP contribution in [0.25, 0.3) is 0 Å². The molecule has 0 unspecified atom stereocenters. The molecule has 2 heterocycles. The lowest BCUT2D eigenvalue weighted by Gasteiger charge is -2.33. The molecular weight excluding hydrogens is 445 g/mol. The largest absolute Gasteiger partial charge is 0.497 e. The number of halogens is 4. The molecule has 0 fully saturated rings. The van der Waals surface area contributed by atoms with Gasteiger partial charge >= 0.3 is 6.18 Å². The van der Waals surface area contributed by atoms with Gasteiger partial charge in [0.2, 0.25) is 0 Å². The number of carbonyl (C=O) groups is 1. The van der Waals surface area contributed by atoms with Gasteiger partial charge in [0.05, 0.1) is 13.2 Å². The fourth-order valence-electron chi connectivity index (χ4n) is 3.65. The van der Waals surface area contributed by atoms with Crippen LogP contribution in [0.5, 0.6) is 5.75 Å². The molecule has 0 bridgehead atoms. The number of aromatic nitrogens is 2. The van der Waals surface area contributed by atoms with Crippen LogP contribution in [-0.2, 0) is 6.54 Å². The Morgan fingerprint density at radius 3 is 2.53 bits per heavy atom. The van der Waals surface area contributed by atoms with Crippen molar-refractivity contribution >= 4 is 23.3 Å². The molecule has 2 aromatic carbocycles. The molecule has 2 N–H and O–H groups in total. The fourth-order valence-corrected chi connectivity index (χ4v) is 3.91. The summed E-state index contributed by atoms with van der Waals surface area (Å²) < 4.78 is 47.4. The number of amides is 1. The number of benzene rings is 2. The van der Waals surface area contributed by atoms with Crippen LogP contribution in [-0.4, -0.2) is 29.0 Å². The molecule has 4 rings (SSSR count). The van der Waals surface area contributed by atoms with E-state index in [-0.39, 0.29) is 29.5 Å². The van der Waals surface area contributed by atoms with Crippen molar-refractivity contribution in [3.8, 4) is 5.75 Å². The van der Waals surface area contributed by atoms with Crippen LogP contribution in [0.15, 0.2) is 54.6 Å². The first-order valence-electron chi connectivity index (χ1n) is 9.85. The first-order valence-corrected chi connectivity index (χ1v) is 10.2. The molecule has 1 aromatic heterocycles. The van der Waals surface area contributed by atoms with Gasteiger partial charge < -0.3 is 15.4 Å². The SMILES string of the molecule is COc1ccc(CNC(=O)c2nn3c(c2Cl)N[C@H](c2ccccc2)C[C@H]3C(F)(F)F)cc1. The number of anilines is 1. The minimum atomic E-state index is -4.56. The number of hydrogen-bond acceptors (Lipinski definition) is 4. The third kappa shape index (κ3) is 4.38. The first-order chi connectivity index (χ1) is 15.3. The predicted octanol–water partition coefficient (Wildman–Crippen LogP) is 5.14. The van der Waals surface area contributed by atoms with Crippen LogP contribution < -0.4 is 15.4 Å². The van der Waals surface area contributed by atoms with Gasteiger partial charge in [0.1, 0.15) is 16.6 Å². The zero-order valence-electron chi connectivity index (χ0n) is 17.0. The van der Waals surface area contributed by atoms with Gasteiger partial charge in [-0.2, -0.15) is 18.3 Å². The summed E-state index contributed by atoms with van der Waals surface area (Å²) in [6.45, 7) is 0.157. The molecule has 0 aliphatic carbocycles. The number of methoxy groups -OCH3 is 1. The Labute approximate surface area is 187 Å². The van der Waals surface area contributed by atoms with Gasteiger partial charge in [0.25, 0.3) is 5.91 Å². The highest BCUT2D eigenvalue weighted by molar-refractivity contribution is 6.36. The average molecular weight is 465 g/mol. The number of carbonyl (C=O) groups excluding carboxylic acids is 1. The molecule has 0 radical (unpaired) electrons. The molecule has 1 aliphatic rings. The van der Waals surface area contributed by atoms with Crippen molar-refractivity contribution in [2.24, 2.45) is 0 Å². The summed E-state index contributed by atoms with van der Waals surface area (Å²) in [5.74, 6) is -0.0162. The molecular formula is C22H20ClF3N4O2. The summed E-state index contributed by atoms with van der Waals surface area (Å²) in [5, 5.41) is 9.46. The van der Waals surface area contributed by atoms with Crippen molar-refractivity contribution in [1.29, 1.82) is 0 Å². The number of nitrogens with one attached hydrogen (secondary N) is 2. The number of ether oxygens (including phenoxy) is 1. The summed E-state index contributed by atoms with van der Waals surface area (Å²) in [7, 11) is 1.55. The van der Waals surface area contributed by atoms with E-state index < -0.39 is 24.2 Å². The monoisotopic (exact) mass is 464 g/mol. The maximum absolute atomic E-state index is 13.8. The molecule has 6 nitrogen and oxygen atoms in total. The van der Waals surface area contributed by atoms with Crippen LogP contribution in [0.3, 0.4) is 0 Å². The standard InChI is InChI=1S/C22H20ClF3N4O2/c1-32-15-9-7-13(8-10-15)12-27-21(31)19-18(23)20-28-16(14-5-3-2-4-6-14)11-17(22(24,25)26)30(20)29-19/h2-10,16-17,28H,11-12H2,1H3,(H,27,31)/t16-,17-/m0/s1. The third-order valence-electron chi connectivity index (χ3n) is 5.32. The van der Waals surface area contributed by atoms with Gasteiger partial charge in [-0.15, -0.1) is 0 Å². The van der Waals surface area contributed by atoms with Crippen molar-refractivity contribution in [2.75, 3.05) is 12.4 Å². The van der Waals surface area contributed by atoms with E-state index in [1.165, 1.54) is 0 Å². The number of rotatable bonds is 5. The molecule has 0 spiro atoms. The Hall–Kier alpha value is -3.20. The molecule has 3 aromatic rings. The summed E-state index contributed by atoms with van der Waals surface area (Å²) >= 11 is 6.34. The molecule has 0 saturated carbocycles. The van der Waals surface area contributed by atoms with E-state index in [0.29, 0.717) is 11.3 Å². The smallest absolute Gasteiger partial charge is 0.410 e. The summed E-state index contributed by atoms with van der Waals surface area (Å²) in [5.41, 5.74) is 1.22. The molecule has 1 amide bonds. The number of fused-ring (bicyclic) bond motifs is 1. The highest BCUT2D eigenvalue weighted by Crippen LogP contribution is 2.46. The van der Waals surface area contributed by atoms with Crippen molar-refractivity contribution in [1.82, 2.24) is 15.1 Å². The van der Waals surface area contributed by atoms with E-state index >= 15 is 0 Å². The van der Waals surface area contributed by atoms with Crippen LogP contribution in [0.4, 0.5) is 19.0 Å². The lowest BCUT2D eigenvalue weighted by Crippen LogP contribution is -2.35. The van der Waals surface area contributed by atoms with E-state index in [2.05, 4.69) is 15.7 Å². The van der Waals surface area contributed by atoms with Gasteiger partial charge in [0.15, 0.2) is 11.7 Å². The zero-order valence-corrected chi connectivity index (χ0v) is 17.7. The minimum absolute atomic E-state index is 0.0244. The minimum Gasteiger partial charge on any atom is -0.497 e. The topological polar surface area (TPSA) is 68.2 Å². The van der Waals surface area contributed by atoms with Crippen molar-refractivity contribution in [3.63, 3.8) is 0 Å². The van der Waals surface area contributed by atoms with Crippen molar-refractivity contribution in [3.05, 3.63) is 76.4 Å². The molecule has 0 saturated heterocycles. The van der Waals surface area contributed by atoms with E-state index in [1.54, 1.807) is 61.7 Å². The lowest BCUT2D eigenvalue weighted by molar-refractivity contribution is -0.173. The lowest BCUT2D eigenvalue weighted by atomic mass is 9.97. The summed E-state index contributed by atoms with van der Waals surface area (Å²) in [6.07, 6.45) is -4.83. The molecule has 2 atom stereocenters. The quantitative estimate of drug-likeness (QED) is 0.549. The second-order valence-corrected chi connectivity index (χ2v) is 7.77. The highest BCUT2D eigenvalue weighted by atomic mass is 35.5. The predicted molar refractivity (Wildman–Crippen MR) is 114 cm³/mol. The molecule has 1 aliphatic heterocycles. The van der Waals surface area contributed by atoms with Gasteiger partial charge in [0, 0.05) is 13.0 Å². The van der Waals surface area contributed by atoms with Crippen LogP contribution in [0, 0.1) is 0 Å². The molecule has 10 heteroatoms. The van der Waals surface area contributed by atoms with E-state index in [9.17, 15) is 18.0 Å². The number of alkyl halides is 3. The Morgan fingerprint density at radius 2 is 1.91 bits per heavy atom. The van der Waals surface area contributed by atoms with Crippen LogP contribution >= 0.6 is 11.6 Å². The highest BCUT2D eigenvalue weighted by Gasteiger charge is 2.47. The van der Waals surface area contributed by atoms with Gasteiger partial charge in [-0.1, -0.05) is 54.1 Å². The number of nitrogens with zero attached hydrogens (tertiary/aromatic N) is 2. The first kappa shape index (κ1) is 22.0. The average Bonchev–Trinajstić information content (AvgIpc) is 3.13. The third-order valence-corrected chi connectivity index (χ3v) is 5.68. The van der Waals surface area contributed by atoms with E-state index in [0.717, 1.165) is 10.2 Å². The maximum atomic E-state index is 13.8. The zero-order chi connectivity index (χ0) is 22.9. The van der Waals surface area contributed by atoms with Gasteiger partial charge in [-0.25, -0.2) is 4.68 Å². The van der Waals surface area contributed by atoms with Crippen LogP contribution in [0.2, 0.25) is 5.02 Å². The number of hydrogen-bond donors (Lipinski definition) is 2. The Morgan fingerprint density at radius 1 is 1.22 bits per heavy atom. The van der Waals surface area contributed by atoms with Crippen molar-refractivity contribution < 1.29 is 22.7 Å². The fraction of sp³-hybridized carbons (Fsp3) is 0.273. The Bertz CT molecular complexity index is 1100. The Balaban J connectivity index is 1.59. The summed E-state index contributed by atoms with van der Waals surface area (Å²) in [4.78, 5) is 12.7. The van der Waals surface area contributed by atoms with Crippen molar-refractivity contribution in [2.45, 2.75) is 31.2 Å². The van der Waals surface area contributed by atoms with Gasteiger partial charge in [-0.05, 0) is 23.3 Å². The van der Waals surface area contributed by atoms with E-state index in [1.807, 2.05) is 0 Å². The normalized spacial score (nSPS) is 17.9. The second kappa shape index (κ2) is 8.74. The second-order valence-electron chi connectivity index (χ2n) is 7.39. The molecule has 32 heavy (non-hydrogen) atoms. The van der Waals surface area contributed by atoms with E-state index in [4.69, 9.17) is 16.3 Å². The van der Waals surface area contributed by atoms with Crippen LogP contribution in [0.1, 0.15) is 40.1 Å². The molecule has 168 valence electrons. The van der Waals surface area contributed by atoms with Gasteiger partial charge in [-0.3, -0.25) is 4.79 Å². The Kier molecular flexibility index (Phi) is 6.01. The maximum Gasteiger partial charge on any atom is 0.410 e.